The lowest BCUT2D eigenvalue weighted by molar-refractivity contribution is -0.128. The van der Waals surface area contributed by atoms with Gasteiger partial charge in [-0.05, 0) is 43.0 Å². The van der Waals surface area contributed by atoms with Crippen molar-refractivity contribution >= 4 is 39.4 Å². The summed E-state index contributed by atoms with van der Waals surface area (Å²) in [6, 6.07) is 3.80. The van der Waals surface area contributed by atoms with Crippen LogP contribution in [0.1, 0.15) is 25.7 Å². The van der Waals surface area contributed by atoms with E-state index >= 15 is 0 Å². The molecule has 1 aliphatic rings. The number of allylic oxidation sites excluding steroid dienone is 1. The van der Waals surface area contributed by atoms with E-state index in [1.54, 1.807) is 6.07 Å². The summed E-state index contributed by atoms with van der Waals surface area (Å²) in [7, 11) is 0. The Hall–Kier alpha value is -1.25. The topological polar surface area (TPSA) is 69.7 Å². The first-order valence-corrected chi connectivity index (χ1v) is 8.95. The van der Waals surface area contributed by atoms with Crippen LogP contribution < -0.4 is 4.31 Å². The smallest absolute Gasteiger partial charge is 0.293 e. The zero-order valence-corrected chi connectivity index (χ0v) is 14.6. The molecule has 0 aromatic heterocycles. The third kappa shape index (κ3) is 4.62. The van der Waals surface area contributed by atoms with Gasteiger partial charge in [0.2, 0.25) is 0 Å². The second kappa shape index (κ2) is 8.56. The summed E-state index contributed by atoms with van der Waals surface area (Å²) in [5.74, 6) is -0.613. The molecule has 0 saturated carbocycles. The van der Waals surface area contributed by atoms with E-state index in [2.05, 4.69) is 15.9 Å². The molecule has 0 N–H and O–H groups in total. The van der Waals surface area contributed by atoms with Crippen molar-refractivity contribution in [2.24, 2.45) is 0 Å². The van der Waals surface area contributed by atoms with E-state index < -0.39 is 23.1 Å². The lowest BCUT2D eigenvalue weighted by Gasteiger charge is -2.38. The molecule has 0 amide bonds. The Kier molecular flexibility index (Phi) is 6.73. The highest BCUT2D eigenvalue weighted by Crippen LogP contribution is 2.33. The van der Waals surface area contributed by atoms with Gasteiger partial charge in [-0.25, -0.2) is 4.39 Å². The van der Waals surface area contributed by atoms with Crippen LogP contribution in [0.25, 0.3) is 0 Å². The van der Waals surface area contributed by atoms with Crippen molar-refractivity contribution in [1.82, 2.24) is 0 Å². The lowest BCUT2D eigenvalue weighted by Crippen LogP contribution is -2.40. The average Bonchev–Trinajstić information content (AvgIpc) is 2.51. The molecule has 1 aliphatic carbocycles. The fourth-order valence-corrected chi connectivity index (χ4v) is 3.78. The van der Waals surface area contributed by atoms with Gasteiger partial charge in [-0.2, -0.15) is 0 Å². The summed E-state index contributed by atoms with van der Waals surface area (Å²) in [5, 5.41) is 0. The van der Waals surface area contributed by atoms with Crippen LogP contribution >= 0.6 is 15.9 Å². The molecule has 1 aromatic rings. The minimum Gasteiger partial charge on any atom is -0.755 e. The van der Waals surface area contributed by atoms with Crippen LogP contribution in [0.15, 0.2) is 34.3 Å². The molecule has 8 heteroatoms. The van der Waals surface area contributed by atoms with E-state index in [1.807, 2.05) is 6.08 Å². The Morgan fingerprint density at radius 2 is 2.30 bits per heavy atom. The first kappa shape index (κ1) is 18.1. The average molecular weight is 405 g/mol. The molecule has 2 unspecified atom stereocenters. The second-order valence-electron chi connectivity index (χ2n) is 5.08. The van der Waals surface area contributed by atoms with E-state index in [9.17, 15) is 17.9 Å². The molecule has 2 rings (SSSR count). The Bertz CT molecular complexity index is 625. The molecule has 0 aliphatic heterocycles. The van der Waals surface area contributed by atoms with Gasteiger partial charge in [0.25, 0.3) is 6.47 Å². The first-order valence-electron chi connectivity index (χ1n) is 7.12. The third-order valence-electron chi connectivity index (χ3n) is 3.68. The van der Waals surface area contributed by atoms with Crippen molar-refractivity contribution in [3.63, 3.8) is 0 Å². The van der Waals surface area contributed by atoms with E-state index in [1.165, 1.54) is 12.1 Å². The maximum atomic E-state index is 14.2. The number of ether oxygens (including phenoxy) is 1. The van der Waals surface area contributed by atoms with Crippen molar-refractivity contribution in [1.29, 1.82) is 0 Å². The number of rotatable bonds is 7. The minimum atomic E-state index is -2.62. The number of carbonyl (C=O) groups excluding carboxylic acids is 1. The molecule has 23 heavy (non-hydrogen) atoms. The van der Waals surface area contributed by atoms with Crippen LogP contribution in [0.5, 0.6) is 0 Å². The fourth-order valence-electron chi connectivity index (χ4n) is 2.69. The molecule has 0 fully saturated rings. The predicted octanol–water partition coefficient (Wildman–Crippen LogP) is 3.23. The van der Waals surface area contributed by atoms with Crippen LogP contribution in [0.4, 0.5) is 10.1 Å². The van der Waals surface area contributed by atoms with Crippen molar-refractivity contribution in [3.8, 4) is 0 Å². The number of benzene rings is 1. The van der Waals surface area contributed by atoms with Crippen molar-refractivity contribution in [2.45, 2.75) is 31.7 Å². The van der Waals surface area contributed by atoms with Gasteiger partial charge in [-0.15, -0.1) is 0 Å². The van der Waals surface area contributed by atoms with Crippen LogP contribution in [0.2, 0.25) is 0 Å². The molecule has 1 aromatic carbocycles. The van der Waals surface area contributed by atoms with Crippen molar-refractivity contribution in [2.75, 3.05) is 10.9 Å². The lowest BCUT2D eigenvalue weighted by atomic mass is 9.91. The summed E-state index contributed by atoms with van der Waals surface area (Å²) >= 11 is 0.539. The Balaban J connectivity index is 2.31. The monoisotopic (exact) mass is 404 g/mol. The van der Waals surface area contributed by atoms with E-state index in [0.717, 1.165) is 22.7 Å². The van der Waals surface area contributed by atoms with Crippen molar-refractivity contribution < 1.29 is 22.7 Å². The summed E-state index contributed by atoms with van der Waals surface area (Å²) in [6.45, 7) is 0.532. The van der Waals surface area contributed by atoms with Crippen LogP contribution in [0, 0.1) is 5.82 Å². The normalized spacial score (nSPS) is 18.9. The van der Waals surface area contributed by atoms with Gasteiger partial charge < -0.3 is 9.29 Å². The van der Waals surface area contributed by atoms with E-state index in [0.29, 0.717) is 23.8 Å². The molecule has 0 bridgehead atoms. The largest absolute Gasteiger partial charge is 0.755 e. The number of carbonyl (C=O) groups is 1. The van der Waals surface area contributed by atoms with Gasteiger partial charge in [-0.1, -0.05) is 22.0 Å². The number of halogens is 2. The van der Waals surface area contributed by atoms with Gasteiger partial charge in [-0.3, -0.25) is 13.3 Å². The van der Waals surface area contributed by atoms with E-state index in [4.69, 9.17) is 4.74 Å². The molecule has 0 heterocycles. The molecule has 2 atom stereocenters. The maximum Gasteiger partial charge on any atom is 0.293 e. The predicted molar refractivity (Wildman–Crippen MR) is 87.9 cm³/mol. The van der Waals surface area contributed by atoms with Crippen LogP contribution in [0.3, 0.4) is 0 Å². The van der Waals surface area contributed by atoms with Crippen molar-refractivity contribution in [3.05, 3.63) is 40.1 Å². The summed E-state index contributed by atoms with van der Waals surface area (Å²) in [4.78, 5) is 10.3. The first-order chi connectivity index (χ1) is 11.0. The van der Waals surface area contributed by atoms with Gasteiger partial charge >= 0.3 is 0 Å². The summed E-state index contributed by atoms with van der Waals surface area (Å²) in [6.07, 6.45) is 4.61. The summed E-state index contributed by atoms with van der Waals surface area (Å²) < 4.78 is 44.0. The molecule has 0 saturated heterocycles. The minimum absolute atomic E-state index is 0.00985. The molecule has 0 spiro atoms. The van der Waals surface area contributed by atoms with Gasteiger partial charge in [0, 0.05) is 22.2 Å². The maximum absolute atomic E-state index is 14.2. The molecular weight excluding hydrogens is 389 g/mol. The van der Waals surface area contributed by atoms with Gasteiger partial charge in [0.05, 0.1) is 18.3 Å². The zero-order valence-electron chi connectivity index (χ0n) is 12.2. The fraction of sp³-hybridized carbons (Fsp3) is 0.400. The molecule has 0 radical (unpaired) electrons. The Labute approximate surface area is 145 Å². The van der Waals surface area contributed by atoms with Gasteiger partial charge in [0.15, 0.2) is 0 Å². The Morgan fingerprint density at radius 3 is 2.96 bits per heavy atom. The quantitative estimate of drug-likeness (QED) is 0.302. The highest BCUT2D eigenvalue weighted by Gasteiger charge is 2.27. The van der Waals surface area contributed by atoms with E-state index in [-0.39, 0.29) is 12.3 Å². The third-order valence-corrected chi connectivity index (χ3v) is 4.95. The number of hydrogen-bond acceptors (Lipinski definition) is 4. The highest BCUT2D eigenvalue weighted by molar-refractivity contribution is 9.10. The second-order valence-corrected chi connectivity index (χ2v) is 6.82. The molecule has 5 nitrogen and oxygen atoms in total. The number of nitrogens with zero attached hydrogens (tertiary/aromatic N) is 1. The van der Waals surface area contributed by atoms with Gasteiger partial charge in [0.1, 0.15) is 5.82 Å². The SMILES string of the molecule is O=COCCC1=CCCCC1N(c1ccc(Br)cc1F)S(=O)[O-]. The Morgan fingerprint density at radius 1 is 1.52 bits per heavy atom. The molecule has 126 valence electrons. The number of hydrogen-bond donors (Lipinski definition) is 0. The highest BCUT2D eigenvalue weighted by atomic mass is 79.9. The van der Waals surface area contributed by atoms with Crippen LogP contribution in [-0.2, 0) is 20.8 Å². The number of anilines is 1. The summed E-state index contributed by atoms with van der Waals surface area (Å²) in [5.41, 5.74) is 0.847. The molecular formula is C15H16BrFNO4S-. The standard InChI is InChI=1S/C15H17BrFNO4S/c16-12-5-6-15(13(17)9-12)18(23(20)21)14-4-2-1-3-11(14)7-8-22-10-19/h3,5-6,9-10,14H,1-2,4,7-8H2,(H,20,21)/p-1. The van der Waals surface area contributed by atoms with Crippen LogP contribution in [-0.4, -0.2) is 27.9 Å². The zero-order chi connectivity index (χ0) is 16.8.